The first-order valence-electron chi connectivity index (χ1n) is 9.05. The number of pyridine rings is 1. The summed E-state index contributed by atoms with van der Waals surface area (Å²) in [7, 11) is 1.78. The van der Waals surface area contributed by atoms with Crippen molar-refractivity contribution in [1.82, 2.24) is 14.5 Å². The third-order valence-corrected chi connectivity index (χ3v) is 4.54. The quantitative estimate of drug-likeness (QED) is 0.472. The van der Waals surface area contributed by atoms with Crippen LogP contribution in [-0.2, 0) is 13.2 Å². The van der Waals surface area contributed by atoms with E-state index in [-0.39, 0.29) is 7.12 Å². The Kier molecular flexibility index (Phi) is 4.97. The Morgan fingerprint density at radius 3 is 2.48 bits per heavy atom. The molecule has 2 heterocycles. The minimum Gasteiger partial charge on any atom is -0.457 e. The molecule has 3 N–H and O–H groups in total. The van der Waals surface area contributed by atoms with Crippen LogP contribution < -0.4 is 15.8 Å². The van der Waals surface area contributed by atoms with Gasteiger partial charge in [-0.25, -0.2) is 4.98 Å². The number of aromatic nitrogens is 3. The van der Waals surface area contributed by atoms with E-state index in [0.29, 0.717) is 28.7 Å². The molecule has 0 fully saturated rings. The van der Waals surface area contributed by atoms with Crippen molar-refractivity contribution in [3.63, 3.8) is 0 Å². The van der Waals surface area contributed by atoms with E-state index in [0.717, 1.165) is 17.6 Å². The molecular formula is C21H18F3N5O2. The number of hydrogen-bond acceptors (Lipinski definition) is 5. The van der Waals surface area contributed by atoms with Crippen LogP contribution >= 0.6 is 0 Å². The van der Waals surface area contributed by atoms with E-state index in [1.54, 1.807) is 35.9 Å². The Morgan fingerprint density at radius 2 is 1.81 bits per heavy atom. The number of fused-ring (bicyclic) bond motifs is 1. The van der Waals surface area contributed by atoms with Crippen molar-refractivity contribution in [3.05, 3.63) is 72.1 Å². The zero-order valence-corrected chi connectivity index (χ0v) is 16.1. The Hall–Kier alpha value is -4.08. The molecular weight excluding hydrogens is 411 g/mol. The summed E-state index contributed by atoms with van der Waals surface area (Å²) < 4.78 is 45.7. The highest BCUT2D eigenvalue weighted by molar-refractivity contribution is 5.91. The van der Waals surface area contributed by atoms with Crippen LogP contribution in [0, 0.1) is 0 Å². The number of nitrogens with zero attached hydrogens (tertiary/aromatic N) is 3. The van der Waals surface area contributed by atoms with E-state index in [1.165, 1.54) is 24.4 Å². The highest BCUT2D eigenvalue weighted by Gasteiger charge is 2.30. The van der Waals surface area contributed by atoms with E-state index in [1.807, 2.05) is 0 Å². The van der Waals surface area contributed by atoms with Gasteiger partial charge in [-0.05, 0) is 42.5 Å². The summed E-state index contributed by atoms with van der Waals surface area (Å²) in [6.07, 6.45) is -2.97. The van der Waals surface area contributed by atoms with Crippen LogP contribution in [0.1, 0.15) is 17.5 Å². The number of carbonyl (C=O) groups excluding carboxylic acids is 1. The minimum atomic E-state index is -4.39. The van der Waals surface area contributed by atoms with E-state index in [4.69, 9.17) is 10.5 Å². The third kappa shape index (κ3) is 4.27. The number of aryl methyl sites for hydroxylation is 1. The van der Waals surface area contributed by atoms with Crippen LogP contribution in [0.2, 0.25) is 0 Å². The number of carbonyl (C=O) groups is 1. The lowest BCUT2D eigenvalue weighted by Crippen LogP contribution is -2.12. The van der Waals surface area contributed by atoms with Crippen LogP contribution in [0.15, 0.2) is 60.8 Å². The summed E-state index contributed by atoms with van der Waals surface area (Å²) in [5.74, 6) is 0.659. The van der Waals surface area contributed by atoms with Crippen molar-refractivity contribution >= 4 is 28.6 Å². The van der Waals surface area contributed by atoms with Gasteiger partial charge in [0.1, 0.15) is 17.2 Å². The van der Waals surface area contributed by atoms with Crippen molar-refractivity contribution < 1.29 is 24.1 Å². The predicted octanol–water partition coefficient (Wildman–Crippen LogP) is 4.87. The van der Waals surface area contributed by atoms with Gasteiger partial charge in [0.15, 0.2) is 0 Å². The first kappa shape index (κ1) is 20.2. The number of halogens is 3. The standard InChI is InChI=1S/C21H16F3N5O2.H2/c1-29-18-7-6-14(31-15-8-9-26-17(11-15)19(25)30)10-16(18)28-20(29)27-13-4-2-12(3-5-13)21(22,23)24;/h2-11H,1H3,(H2,25,30)(H,27,28);1H. The topological polar surface area (TPSA) is 95.1 Å². The molecule has 4 rings (SSSR count). The minimum absolute atomic E-state index is 0. The summed E-state index contributed by atoms with van der Waals surface area (Å²) in [6, 6.07) is 13.0. The number of amides is 1. The second-order valence-electron chi connectivity index (χ2n) is 6.69. The fourth-order valence-electron chi connectivity index (χ4n) is 2.97. The zero-order valence-electron chi connectivity index (χ0n) is 16.1. The van der Waals surface area contributed by atoms with Crippen LogP contribution in [0.5, 0.6) is 11.5 Å². The molecule has 0 saturated carbocycles. The molecule has 1 amide bonds. The number of nitrogens with two attached hydrogens (primary N) is 1. The molecule has 7 nitrogen and oxygen atoms in total. The van der Waals surface area contributed by atoms with Gasteiger partial charge in [-0.3, -0.25) is 9.78 Å². The van der Waals surface area contributed by atoms with Gasteiger partial charge in [-0.2, -0.15) is 13.2 Å². The number of anilines is 2. The average Bonchev–Trinajstić information content (AvgIpc) is 3.02. The molecule has 0 atom stereocenters. The normalized spacial score (nSPS) is 11.5. The molecule has 0 radical (unpaired) electrons. The van der Waals surface area contributed by atoms with Gasteiger partial charge in [-0.1, -0.05) is 0 Å². The number of primary amides is 1. The molecule has 0 aliphatic carbocycles. The van der Waals surface area contributed by atoms with Gasteiger partial charge in [0, 0.05) is 32.5 Å². The predicted molar refractivity (Wildman–Crippen MR) is 110 cm³/mol. The summed E-state index contributed by atoms with van der Waals surface area (Å²) in [4.78, 5) is 19.6. The maximum atomic E-state index is 12.7. The number of benzene rings is 2. The van der Waals surface area contributed by atoms with Gasteiger partial charge in [0.05, 0.1) is 16.6 Å². The van der Waals surface area contributed by atoms with Gasteiger partial charge in [0.2, 0.25) is 5.95 Å². The molecule has 31 heavy (non-hydrogen) atoms. The van der Waals surface area contributed by atoms with Crippen LogP contribution in [0.4, 0.5) is 24.8 Å². The lowest BCUT2D eigenvalue weighted by molar-refractivity contribution is -0.137. The second kappa shape index (κ2) is 7.63. The van der Waals surface area contributed by atoms with Crippen molar-refractivity contribution in [2.45, 2.75) is 6.18 Å². The Balaban J connectivity index is 0.00000289. The monoisotopic (exact) mass is 429 g/mol. The molecule has 0 spiro atoms. The number of nitrogens with one attached hydrogen (secondary N) is 1. The Morgan fingerprint density at radius 1 is 1.10 bits per heavy atom. The average molecular weight is 429 g/mol. The zero-order chi connectivity index (χ0) is 22.2. The summed E-state index contributed by atoms with van der Waals surface area (Å²) >= 11 is 0. The van der Waals surface area contributed by atoms with E-state index in [9.17, 15) is 18.0 Å². The third-order valence-electron chi connectivity index (χ3n) is 4.54. The maximum absolute atomic E-state index is 12.7. The molecule has 0 saturated heterocycles. The fourth-order valence-corrected chi connectivity index (χ4v) is 2.97. The van der Waals surface area contributed by atoms with E-state index in [2.05, 4.69) is 15.3 Å². The van der Waals surface area contributed by atoms with Gasteiger partial charge >= 0.3 is 6.18 Å². The summed E-state index contributed by atoms with van der Waals surface area (Å²) in [5.41, 5.74) is 6.46. The summed E-state index contributed by atoms with van der Waals surface area (Å²) in [6.45, 7) is 0. The number of imidazole rings is 1. The molecule has 4 aromatic rings. The second-order valence-corrected chi connectivity index (χ2v) is 6.69. The smallest absolute Gasteiger partial charge is 0.416 e. The highest BCUT2D eigenvalue weighted by atomic mass is 19.4. The molecule has 2 aromatic carbocycles. The first-order chi connectivity index (χ1) is 14.7. The molecule has 0 unspecified atom stereocenters. The number of ether oxygens (including phenoxy) is 1. The summed E-state index contributed by atoms with van der Waals surface area (Å²) in [5, 5.41) is 3.01. The van der Waals surface area contributed by atoms with Crippen molar-refractivity contribution in [3.8, 4) is 11.5 Å². The fraction of sp³-hybridized carbons (Fsp3) is 0.0952. The van der Waals surface area contributed by atoms with Crippen molar-refractivity contribution in [2.75, 3.05) is 5.32 Å². The molecule has 160 valence electrons. The lowest BCUT2D eigenvalue weighted by Gasteiger charge is -2.09. The Labute approximate surface area is 175 Å². The first-order valence-corrected chi connectivity index (χ1v) is 9.05. The Bertz CT molecular complexity index is 1270. The van der Waals surface area contributed by atoms with E-state index < -0.39 is 17.6 Å². The van der Waals surface area contributed by atoms with Crippen molar-refractivity contribution in [2.24, 2.45) is 12.8 Å². The molecule has 0 bridgehead atoms. The molecule has 2 aromatic heterocycles. The van der Waals surface area contributed by atoms with Crippen LogP contribution in [-0.4, -0.2) is 20.4 Å². The van der Waals surface area contributed by atoms with Gasteiger partial charge in [0.25, 0.3) is 5.91 Å². The largest absolute Gasteiger partial charge is 0.457 e. The molecule has 0 aliphatic heterocycles. The van der Waals surface area contributed by atoms with Crippen LogP contribution in [0.25, 0.3) is 11.0 Å². The number of alkyl halides is 3. The number of rotatable bonds is 5. The maximum Gasteiger partial charge on any atom is 0.416 e. The SMILES string of the molecule is Cn1c(Nc2ccc(C(F)(F)F)cc2)nc2cc(Oc3ccnc(C(N)=O)c3)ccc21.[HH]. The molecule has 10 heteroatoms. The molecule has 0 aliphatic rings. The highest BCUT2D eigenvalue weighted by Crippen LogP contribution is 2.31. The number of hydrogen-bond donors (Lipinski definition) is 2. The van der Waals surface area contributed by atoms with Gasteiger partial charge < -0.3 is 20.4 Å². The van der Waals surface area contributed by atoms with Crippen LogP contribution in [0.3, 0.4) is 0 Å². The van der Waals surface area contributed by atoms with E-state index >= 15 is 0 Å². The van der Waals surface area contributed by atoms with Crippen molar-refractivity contribution in [1.29, 1.82) is 0 Å². The lowest BCUT2D eigenvalue weighted by atomic mass is 10.2. The van der Waals surface area contributed by atoms with Gasteiger partial charge in [-0.15, -0.1) is 0 Å².